The topological polar surface area (TPSA) is 86.8 Å². The smallest absolute Gasteiger partial charge is 0.264 e. The van der Waals surface area contributed by atoms with Crippen molar-refractivity contribution in [3.8, 4) is 0 Å². The normalized spacial score (nSPS) is 12.7. The summed E-state index contributed by atoms with van der Waals surface area (Å²) in [5.41, 5.74) is 5.77. The van der Waals surface area contributed by atoms with Crippen LogP contribution < -0.4 is 9.62 Å². The number of nitrogens with one attached hydrogen (secondary N) is 1. The molecule has 1 N–H and O–H groups in total. The molecular weight excluding hydrogens is 595 g/mol. The van der Waals surface area contributed by atoms with Crippen LogP contribution in [0.5, 0.6) is 0 Å². The van der Waals surface area contributed by atoms with Crippen LogP contribution in [0.25, 0.3) is 0 Å². The number of carbonyl (C=O) groups excluding carboxylic acids is 2. The molecule has 2 atom stereocenters. The molecule has 0 aromatic heterocycles. The maximum Gasteiger partial charge on any atom is 0.264 e. The minimum atomic E-state index is -4.16. The van der Waals surface area contributed by atoms with Gasteiger partial charge in [-0.05, 0) is 81.5 Å². The Morgan fingerprint density at radius 3 is 2.09 bits per heavy atom. The van der Waals surface area contributed by atoms with Crippen molar-refractivity contribution in [1.29, 1.82) is 0 Å². The minimum absolute atomic E-state index is 0.0902. The van der Waals surface area contributed by atoms with E-state index in [0.717, 1.165) is 39.8 Å². The van der Waals surface area contributed by atoms with Gasteiger partial charge in [0.05, 0.1) is 10.6 Å². The molecule has 242 valence electrons. The van der Waals surface area contributed by atoms with Crippen LogP contribution in [0.4, 0.5) is 5.69 Å². The molecule has 0 saturated carbocycles. The summed E-state index contributed by atoms with van der Waals surface area (Å²) in [5.74, 6) is -0.753. The van der Waals surface area contributed by atoms with Gasteiger partial charge in [0.2, 0.25) is 11.8 Å². The quantitative estimate of drug-likeness (QED) is 0.177. The van der Waals surface area contributed by atoms with Crippen molar-refractivity contribution < 1.29 is 18.0 Å². The zero-order valence-electron chi connectivity index (χ0n) is 27.7. The number of hydrogen-bond acceptors (Lipinski definition) is 4. The molecule has 0 aliphatic carbocycles. The van der Waals surface area contributed by atoms with Crippen LogP contribution in [0.3, 0.4) is 0 Å². The molecule has 0 radical (unpaired) electrons. The van der Waals surface area contributed by atoms with Crippen LogP contribution >= 0.6 is 0 Å². The molecule has 0 saturated heterocycles. The molecule has 4 rings (SSSR count). The molecule has 2 unspecified atom stereocenters. The highest BCUT2D eigenvalue weighted by atomic mass is 32.2. The Morgan fingerprint density at radius 2 is 1.43 bits per heavy atom. The summed E-state index contributed by atoms with van der Waals surface area (Å²) in [6.45, 7) is 11.2. The first-order chi connectivity index (χ1) is 21.9. The highest BCUT2D eigenvalue weighted by Crippen LogP contribution is 2.29. The maximum absolute atomic E-state index is 14.7. The lowest BCUT2D eigenvalue weighted by Crippen LogP contribution is -2.54. The molecular formula is C38H45N3O4S. The van der Waals surface area contributed by atoms with Gasteiger partial charge < -0.3 is 10.2 Å². The van der Waals surface area contributed by atoms with Gasteiger partial charge in [0.1, 0.15) is 12.6 Å². The zero-order chi connectivity index (χ0) is 33.4. The lowest BCUT2D eigenvalue weighted by molar-refractivity contribution is -0.140. The van der Waals surface area contributed by atoms with Gasteiger partial charge in [-0.15, -0.1) is 0 Å². The van der Waals surface area contributed by atoms with E-state index in [2.05, 4.69) is 5.32 Å². The summed E-state index contributed by atoms with van der Waals surface area (Å²) < 4.78 is 29.8. The predicted molar refractivity (Wildman–Crippen MR) is 185 cm³/mol. The van der Waals surface area contributed by atoms with Crippen LogP contribution in [0, 0.1) is 27.7 Å². The summed E-state index contributed by atoms with van der Waals surface area (Å²) in [6.07, 6.45) is 1.000. The highest BCUT2D eigenvalue weighted by molar-refractivity contribution is 7.92. The summed E-state index contributed by atoms with van der Waals surface area (Å²) >= 11 is 0. The monoisotopic (exact) mass is 639 g/mol. The molecule has 0 spiro atoms. The van der Waals surface area contributed by atoms with E-state index in [1.165, 1.54) is 4.31 Å². The van der Waals surface area contributed by atoms with Crippen molar-refractivity contribution in [2.75, 3.05) is 10.8 Å². The Kier molecular flexibility index (Phi) is 11.4. The maximum atomic E-state index is 14.7. The average Bonchev–Trinajstić information content (AvgIpc) is 3.03. The van der Waals surface area contributed by atoms with E-state index in [9.17, 15) is 18.0 Å². The van der Waals surface area contributed by atoms with Crippen molar-refractivity contribution in [2.45, 2.75) is 77.9 Å². The fourth-order valence-corrected chi connectivity index (χ4v) is 6.83. The van der Waals surface area contributed by atoms with E-state index in [4.69, 9.17) is 0 Å². The number of aryl methyl sites for hydroxylation is 3. The number of benzene rings is 4. The second-order valence-corrected chi connectivity index (χ2v) is 13.9. The highest BCUT2D eigenvalue weighted by Gasteiger charge is 2.35. The standard InChI is InChI=1S/C38H45N3O4S/c1-7-30(5)39-38(43)36(24-32-15-9-8-10-16-32)40(25-33-17-11-13-28(3)23-33)37(42)26-41(35-18-12-14-29(4)31(35)6)46(44,45)34-21-19-27(2)20-22-34/h8-23,30,36H,7,24-26H2,1-6H3,(H,39,43). The number of amides is 2. The minimum Gasteiger partial charge on any atom is -0.352 e. The number of nitrogens with zero attached hydrogens (tertiary/aromatic N) is 2. The third-order valence-corrected chi connectivity index (χ3v) is 10.2. The fourth-order valence-electron chi connectivity index (χ4n) is 5.36. The van der Waals surface area contributed by atoms with E-state index in [1.807, 2.05) is 102 Å². The zero-order valence-corrected chi connectivity index (χ0v) is 28.5. The average molecular weight is 640 g/mol. The van der Waals surface area contributed by atoms with Gasteiger partial charge in [0, 0.05) is 19.0 Å². The van der Waals surface area contributed by atoms with Crippen molar-refractivity contribution in [3.63, 3.8) is 0 Å². The van der Waals surface area contributed by atoms with Crippen molar-refractivity contribution in [3.05, 3.63) is 130 Å². The SMILES string of the molecule is CCC(C)NC(=O)C(Cc1ccccc1)N(Cc1cccc(C)c1)C(=O)CN(c1cccc(C)c1C)S(=O)(=O)c1ccc(C)cc1. The summed E-state index contributed by atoms with van der Waals surface area (Å²) in [6, 6.07) is 28.5. The molecule has 46 heavy (non-hydrogen) atoms. The largest absolute Gasteiger partial charge is 0.352 e. The lowest BCUT2D eigenvalue weighted by atomic mass is 10.0. The number of hydrogen-bond donors (Lipinski definition) is 1. The van der Waals surface area contributed by atoms with Crippen molar-refractivity contribution in [2.24, 2.45) is 0 Å². The van der Waals surface area contributed by atoms with Gasteiger partial charge in [-0.1, -0.05) is 96.9 Å². The Hall–Kier alpha value is -4.43. The van der Waals surface area contributed by atoms with Crippen molar-refractivity contribution >= 4 is 27.5 Å². The molecule has 0 fully saturated rings. The Labute approximate surface area is 274 Å². The van der Waals surface area contributed by atoms with Crippen LogP contribution in [-0.4, -0.2) is 43.8 Å². The summed E-state index contributed by atoms with van der Waals surface area (Å²) in [5, 5.41) is 3.08. The molecule has 4 aromatic carbocycles. The van der Waals surface area contributed by atoms with Crippen molar-refractivity contribution in [1.82, 2.24) is 10.2 Å². The van der Waals surface area contributed by atoms with E-state index < -0.39 is 28.5 Å². The summed E-state index contributed by atoms with van der Waals surface area (Å²) in [4.78, 5) is 30.3. The van der Waals surface area contributed by atoms with Gasteiger partial charge in [-0.2, -0.15) is 0 Å². The first-order valence-electron chi connectivity index (χ1n) is 15.8. The Morgan fingerprint density at radius 1 is 0.783 bits per heavy atom. The van der Waals surface area contributed by atoms with Gasteiger partial charge in [-0.3, -0.25) is 13.9 Å². The van der Waals surface area contributed by atoms with E-state index in [-0.39, 0.29) is 29.8 Å². The van der Waals surface area contributed by atoms with Gasteiger partial charge in [0.15, 0.2) is 0 Å². The van der Waals surface area contributed by atoms with Gasteiger partial charge in [-0.25, -0.2) is 8.42 Å². The molecule has 8 heteroatoms. The van der Waals surface area contributed by atoms with E-state index in [1.54, 1.807) is 41.3 Å². The van der Waals surface area contributed by atoms with Crippen LogP contribution in [0.2, 0.25) is 0 Å². The molecule has 0 aliphatic heterocycles. The van der Waals surface area contributed by atoms with Gasteiger partial charge >= 0.3 is 0 Å². The molecule has 7 nitrogen and oxygen atoms in total. The number of anilines is 1. The van der Waals surface area contributed by atoms with Crippen LogP contribution in [0.1, 0.15) is 53.6 Å². The van der Waals surface area contributed by atoms with E-state index in [0.29, 0.717) is 5.69 Å². The van der Waals surface area contributed by atoms with Crippen LogP contribution in [-0.2, 0) is 32.6 Å². The van der Waals surface area contributed by atoms with E-state index >= 15 is 0 Å². The molecule has 0 bridgehead atoms. The number of sulfonamides is 1. The molecule has 0 aliphatic rings. The molecule has 0 heterocycles. The molecule has 4 aromatic rings. The first kappa shape index (κ1) is 34.4. The number of carbonyl (C=O) groups is 2. The number of rotatable bonds is 13. The third kappa shape index (κ3) is 8.43. The lowest BCUT2D eigenvalue weighted by Gasteiger charge is -2.34. The Balaban J connectivity index is 1.84. The van der Waals surface area contributed by atoms with Crippen LogP contribution in [0.15, 0.2) is 102 Å². The second kappa shape index (κ2) is 15.2. The van der Waals surface area contributed by atoms with Gasteiger partial charge in [0.25, 0.3) is 10.0 Å². The second-order valence-electron chi connectivity index (χ2n) is 12.1. The fraction of sp³-hybridized carbons (Fsp3) is 0.316. The molecule has 2 amide bonds. The summed E-state index contributed by atoms with van der Waals surface area (Å²) in [7, 11) is -4.16. The Bertz CT molecular complexity index is 1750. The third-order valence-electron chi connectivity index (χ3n) is 8.44. The predicted octanol–water partition coefficient (Wildman–Crippen LogP) is 6.67. The first-order valence-corrected chi connectivity index (χ1v) is 17.2.